The maximum atomic E-state index is 13.8. The van der Waals surface area contributed by atoms with E-state index in [-0.39, 0.29) is 41.9 Å². The van der Waals surface area contributed by atoms with Gasteiger partial charge in [0.1, 0.15) is 0 Å². The predicted octanol–water partition coefficient (Wildman–Crippen LogP) is 1.72. The van der Waals surface area contributed by atoms with E-state index in [1.54, 1.807) is 24.1 Å². The molecule has 5 rings (SSSR count). The molecule has 0 saturated carbocycles. The van der Waals surface area contributed by atoms with E-state index in [9.17, 15) is 14.4 Å². The van der Waals surface area contributed by atoms with E-state index >= 15 is 0 Å². The first-order valence-corrected chi connectivity index (χ1v) is 12.4. The van der Waals surface area contributed by atoms with Crippen LogP contribution in [0.4, 0.5) is 4.79 Å². The molecule has 0 spiro atoms. The van der Waals surface area contributed by atoms with Crippen molar-refractivity contribution in [2.75, 3.05) is 46.3 Å². The molecule has 3 fully saturated rings. The predicted molar refractivity (Wildman–Crippen MR) is 129 cm³/mol. The van der Waals surface area contributed by atoms with Crippen LogP contribution in [0.1, 0.15) is 23.0 Å². The summed E-state index contributed by atoms with van der Waals surface area (Å²) in [6.07, 6.45) is 1.81. The van der Waals surface area contributed by atoms with Gasteiger partial charge in [0, 0.05) is 52.4 Å². The molecule has 4 unspecified atom stereocenters. The van der Waals surface area contributed by atoms with Gasteiger partial charge < -0.3 is 14.2 Å². The summed E-state index contributed by atoms with van der Waals surface area (Å²) < 4.78 is 5.28. The maximum Gasteiger partial charge on any atom is 0.327 e. The number of nitrogens with one attached hydrogen (secondary N) is 1. The van der Waals surface area contributed by atoms with Crippen LogP contribution in [0.15, 0.2) is 53.1 Å². The zero-order valence-corrected chi connectivity index (χ0v) is 20.3. The summed E-state index contributed by atoms with van der Waals surface area (Å²) >= 11 is 0. The number of carbonyl (C=O) groups excluding carboxylic acids is 3. The fourth-order valence-electron chi connectivity index (χ4n) is 5.80. The van der Waals surface area contributed by atoms with Gasteiger partial charge in [0.05, 0.1) is 18.3 Å². The Morgan fingerprint density at radius 2 is 1.80 bits per heavy atom. The molecule has 0 bridgehead atoms. The first kappa shape index (κ1) is 23.6. The van der Waals surface area contributed by atoms with Crippen molar-refractivity contribution in [2.45, 2.75) is 25.6 Å². The smallest absolute Gasteiger partial charge is 0.327 e. The molecule has 0 aliphatic carbocycles. The lowest BCUT2D eigenvalue weighted by atomic mass is 9.79. The standard InChI is InChI=1S/C26H33N5O4/c1-18-17-27-23-21(22(18)29-12-14-30(15-13-29)24(32)20-9-6-16-35-20)25(33)31(26(34)28(23)2)11-10-19-7-4-3-5-8-19/h3-9,16,18,21-23,27H,10-15,17H2,1-2H3. The number of imide groups is 1. The molecule has 9 nitrogen and oxygen atoms in total. The number of amides is 4. The topological polar surface area (TPSA) is 89.3 Å². The van der Waals surface area contributed by atoms with Crippen LogP contribution < -0.4 is 5.32 Å². The summed E-state index contributed by atoms with van der Waals surface area (Å²) in [5, 5.41) is 3.44. The fourth-order valence-corrected chi connectivity index (χ4v) is 5.80. The number of urea groups is 1. The second-order valence-electron chi connectivity index (χ2n) is 9.77. The van der Waals surface area contributed by atoms with Crippen molar-refractivity contribution in [3.63, 3.8) is 0 Å². The molecule has 4 atom stereocenters. The normalized spacial score (nSPS) is 27.8. The summed E-state index contributed by atoms with van der Waals surface area (Å²) in [7, 11) is 1.78. The molecule has 186 valence electrons. The largest absolute Gasteiger partial charge is 0.459 e. The third-order valence-corrected chi connectivity index (χ3v) is 7.66. The van der Waals surface area contributed by atoms with Gasteiger partial charge in [-0.25, -0.2) is 4.79 Å². The number of benzene rings is 1. The van der Waals surface area contributed by atoms with E-state index in [0.29, 0.717) is 44.9 Å². The van der Waals surface area contributed by atoms with Crippen molar-refractivity contribution in [1.29, 1.82) is 0 Å². The maximum absolute atomic E-state index is 13.8. The van der Waals surface area contributed by atoms with Gasteiger partial charge in [-0.15, -0.1) is 0 Å². The molecule has 2 aromatic rings. The molecule has 1 aromatic heterocycles. The van der Waals surface area contributed by atoms with Gasteiger partial charge in [-0.2, -0.15) is 0 Å². The lowest BCUT2D eigenvalue weighted by Crippen LogP contribution is -2.74. The van der Waals surface area contributed by atoms with Crippen LogP contribution >= 0.6 is 0 Å². The van der Waals surface area contributed by atoms with E-state index in [0.717, 1.165) is 12.1 Å². The van der Waals surface area contributed by atoms with Crippen molar-refractivity contribution >= 4 is 17.8 Å². The van der Waals surface area contributed by atoms with Gasteiger partial charge in [-0.3, -0.25) is 24.7 Å². The van der Waals surface area contributed by atoms with Crippen LogP contribution in [0.25, 0.3) is 0 Å². The number of hydrogen-bond acceptors (Lipinski definition) is 6. The van der Waals surface area contributed by atoms with Gasteiger partial charge in [0.2, 0.25) is 5.91 Å². The lowest BCUT2D eigenvalue weighted by Gasteiger charge is -2.54. The molecule has 1 N–H and O–H groups in total. The number of hydrogen-bond donors (Lipinski definition) is 1. The third kappa shape index (κ3) is 4.46. The fraction of sp³-hybridized carbons (Fsp3) is 0.500. The summed E-state index contributed by atoms with van der Waals surface area (Å²) in [6.45, 7) is 5.77. The van der Waals surface area contributed by atoms with E-state index in [1.807, 2.05) is 35.2 Å². The molecule has 0 radical (unpaired) electrons. The number of furan rings is 1. The SMILES string of the molecule is CC1CNC2C(C(=O)N(CCc3ccccc3)C(=O)N2C)C1N1CCN(C(=O)c2ccco2)CC1. The Morgan fingerprint density at radius 1 is 1.06 bits per heavy atom. The monoisotopic (exact) mass is 479 g/mol. The van der Waals surface area contributed by atoms with Crippen LogP contribution in [-0.4, -0.2) is 96.0 Å². The Hall–Kier alpha value is -3.17. The van der Waals surface area contributed by atoms with Crippen LogP contribution in [-0.2, 0) is 11.2 Å². The highest BCUT2D eigenvalue weighted by Gasteiger charge is 2.53. The van der Waals surface area contributed by atoms with Crippen molar-refractivity contribution in [3.8, 4) is 0 Å². The summed E-state index contributed by atoms with van der Waals surface area (Å²) in [6, 6.07) is 13.1. The second kappa shape index (κ2) is 9.83. The van der Waals surface area contributed by atoms with E-state index < -0.39 is 0 Å². The first-order chi connectivity index (χ1) is 17.0. The zero-order chi connectivity index (χ0) is 24.5. The Bertz CT molecular complexity index is 1050. The number of piperazine rings is 1. The van der Waals surface area contributed by atoms with Crippen LogP contribution in [0.3, 0.4) is 0 Å². The average Bonchev–Trinajstić information content (AvgIpc) is 3.43. The van der Waals surface area contributed by atoms with Gasteiger partial charge in [0.15, 0.2) is 5.76 Å². The highest BCUT2D eigenvalue weighted by Crippen LogP contribution is 2.34. The van der Waals surface area contributed by atoms with Gasteiger partial charge in [-0.05, 0) is 30.0 Å². The minimum atomic E-state index is -0.357. The molecule has 3 aliphatic rings. The Labute approximate surface area is 205 Å². The molecule has 3 saturated heterocycles. The van der Waals surface area contributed by atoms with Crippen LogP contribution in [0.2, 0.25) is 0 Å². The van der Waals surface area contributed by atoms with Gasteiger partial charge in [-0.1, -0.05) is 37.3 Å². The lowest BCUT2D eigenvalue weighted by molar-refractivity contribution is -0.147. The van der Waals surface area contributed by atoms with Gasteiger partial charge >= 0.3 is 6.03 Å². The molecule has 3 aliphatic heterocycles. The van der Waals surface area contributed by atoms with Crippen LogP contribution in [0, 0.1) is 11.8 Å². The summed E-state index contributed by atoms with van der Waals surface area (Å²) in [4.78, 5) is 46.9. The first-order valence-electron chi connectivity index (χ1n) is 12.4. The number of carbonyl (C=O) groups is 3. The minimum Gasteiger partial charge on any atom is -0.459 e. The summed E-state index contributed by atoms with van der Waals surface area (Å²) in [5.74, 6) is 0.0178. The second-order valence-corrected chi connectivity index (χ2v) is 9.77. The van der Waals surface area contributed by atoms with Gasteiger partial charge in [0.25, 0.3) is 5.91 Å². The van der Waals surface area contributed by atoms with Crippen molar-refractivity contribution in [3.05, 3.63) is 60.1 Å². The molecular formula is C26H33N5O4. The summed E-state index contributed by atoms with van der Waals surface area (Å²) in [5.41, 5.74) is 1.10. The number of fused-ring (bicyclic) bond motifs is 1. The molecule has 1 aromatic carbocycles. The number of rotatable bonds is 5. The van der Waals surface area contributed by atoms with Crippen LogP contribution in [0.5, 0.6) is 0 Å². The third-order valence-electron chi connectivity index (χ3n) is 7.66. The Kier molecular flexibility index (Phi) is 6.62. The van der Waals surface area contributed by atoms with Crippen molar-refractivity contribution < 1.29 is 18.8 Å². The Morgan fingerprint density at radius 3 is 2.49 bits per heavy atom. The minimum absolute atomic E-state index is 0.00982. The zero-order valence-electron chi connectivity index (χ0n) is 20.3. The molecule has 4 heterocycles. The molecule has 35 heavy (non-hydrogen) atoms. The van der Waals surface area contributed by atoms with Crippen molar-refractivity contribution in [1.82, 2.24) is 24.9 Å². The van der Waals surface area contributed by atoms with Crippen molar-refractivity contribution in [2.24, 2.45) is 11.8 Å². The highest BCUT2D eigenvalue weighted by molar-refractivity contribution is 5.99. The number of piperidine rings is 1. The Balaban J connectivity index is 1.31. The van der Waals surface area contributed by atoms with E-state index in [1.165, 1.54) is 11.2 Å². The molecule has 4 amide bonds. The average molecular weight is 480 g/mol. The van der Waals surface area contributed by atoms with E-state index in [4.69, 9.17) is 4.42 Å². The quantitative estimate of drug-likeness (QED) is 0.703. The highest BCUT2D eigenvalue weighted by atomic mass is 16.3. The number of nitrogens with zero attached hydrogens (tertiary/aromatic N) is 4. The molecular weight excluding hydrogens is 446 g/mol. The van der Waals surface area contributed by atoms with E-state index in [2.05, 4.69) is 17.1 Å². The molecule has 9 heteroatoms.